The number of benzene rings is 1. The Labute approximate surface area is 97.8 Å². The molecule has 0 aliphatic carbocycles. The van der Waals surface area contributed by atoms with E-state index in [-0.39, 0.29) is 0 Å². The lowest BCUT2D eigenvalue weighted by molar-refractivity contribution is 0.562. The second-order valence-electron chi connectivity index (χ2n) is 2.16. The summed E-state index contributed by atoms with van der Waals surface area (Å²) in [6, 6.07) is 7.80. The molecule has 0 unspecified atom stereocenters. The first-order valence-electron chi connectivity index (χ1n) is 3.98. The molecule has 0 heterocycles. The Hall–Kier alpha value is -2.84. The monoisotopic (exact) mass is 236 g/mol. The molecule has 1 aromatic carbocycles. The number of nitrogens with one attached hydrogen (secondary N) is 3. The third-order valence-corrected chi connectivity index (χ3v) is 1.19. The molecular weight excluding hydrogens is 224 g/mol. The normalized spacial score (nSPS) is 5.71. The standard InChI is InChI=1S/C7H9N.3CHNO/c1-6-4-2-3-5-7(6)8;3*2-1-3/h2-5H,8H2,1H3;3*2H. The number of nitrogen functional groups attached to an aromatic ring is 1. The van der Waals surface area contributed by atoms with Crippen molar-refractivity contribution < 1.29 is 14.4 Å². The fourth-order valence-corrected chi connectivity index (χ4v) is 0.587. The number of nitrogens with two attached hydrogens (primary N) is 1. The molecule has 0 saturated heterocycles. The van der Waals surface area contributed by atoms with Crippen molar-refractivity contribution in [3.63, 3.8) is 0 Å². The summed E-state index contributed by atoms with van der Waals surface area (Å²) in [7, 11) is 0. The van der Waals surface area contributed by atoms with Crippen molar-refractivity contribution in [2.45, 2.75) is 6.92 Å². The topological polar surface area (TPSA) is 149 Å². The summed E-state index contributed by atoms with van der Waals surface area (Å²) in [6.45, 7) is 2.00. The Kier molecular flexibility index (Phi) is 21.8. The van der Waals surface area contributed by atoms with Crippen LogP contribution in [0.4, 0.5) is 5.69 Å². The summed E-state index contributed by atoms with van der Waals surface area (Å²) in [4.78, 5) is 25.0. The average Bonchev–Trinajstić information content (AvgIpc) is 2.26. The molecule has 7 nitrogen and oxygen atoms in total. The molecule has 17 heavy (non-hydrogen) atoms. The van der Waals surface area contributed by atoms with Gasteiger partial charge in [-0.15, -0.1) is 0 Å². The first-order chi connectivity index (χ1) is 8.05. The first kappa shape index (κ1) is 19.7. The summed E-state index contributed by atoms with van der Waals surface area (Å²) >= 11 is 0. The molecule has 0 atom stereocenters. The summed E-state index contributed by atoms with van der Waals surface area (Å²) in [5.41, 5.74) is 7.53. The molecule has 0 radical (unpaired) electrons. The van der Waals surface area contributed by atoms with Crippen LogP contribution in [0.2, 0.25) is 0 Å². The Bertz CT molecular complexity index is 350. The van der Waals surface area contributed by atoms with E-state index in [1.807, 2.05) is 31.2 Å². The van der Waals surface area contributed by atoms with Crippen molar-refractivity contribution in [2.24, 2.45) is 0 Å². The van der Waals surface area contributed by atoms with Crippen LogP contribution in [0.3, 0.4) is 0 Å². The molecule has 7 heteroatoms. The van der Waals surface area contributed by atoms with Gasteiger partial charge < -0.3 is 5.73 Å². The van der Waals surface area contributed by atoms with Crippen molar-refractivity contribution in [3.05, 3.63) is 29.8 Å². The highest BCUT2D eigenvalue weighted by atomic mass is 16.1. The number of hydrogen-bond donors (Lipinski definition) is 4. The van der Waals surface area contributed by atoms with Gasteiger partial charge in [0.15, 0.2) is 0 Å². The Morgan fingerprint density at radius 1 is 0.941 bits per heavy atom. The van der Waals surface area contributed by atoms with Crippen LogP contribution in [0.15, 0.2) is 24.3 Å². The van der Waals surface area contributed by atoms with Crippen molar-refractivity contribution >= 4 is 23.9 Å². The van der Waals surface area contributed by atoms with E-state index in [2.05, 4.69) is 0 Å². The molecule has 0 aliphatic heterocycles. The van der Waals surface area contributed by atoms with E-state index in [0.717, 1.165) is 29.5 Å². The predicted octanol–water partition coefficient (Wildman–Crippen LogP) is 1.28. The lowest BCUT2D eigenvalue weighted by Crippen LogP contribution is -1.85. The van der Waals surface area contributed by atoms with E-state index in [0.29, 0.717) is 0 Å². The molecule has 0 bridgehead atoms. The molecular formula is C10H12N4O3. The van der Waals surface area contributed by atoms with Crippen LogP contribution >= 0.6 is 0 Å². The maximum Gasteiger partial charge on any atom is 0.231 e. The third kappa shape index (κ3) is 24.6. The van der Waals surface area contributed by atoms with Gasteiger partial charge >= 0.3 is 0 Å². The number of anilines is 1. The fraction of sp³-hybridized carbons (Fsp3) is 0.100. The number of aryl methyl sites for hydroxylation is 1. The van der Waals surface area contributed by atoms with Gasteiger partial charge in [0.2, 0.25) is 18.2 Å². The fourth-order valence-electron chi connectivity index (χ4n) is 0.587. The van der Waals surface area contributed by atoms with Crippen LogP contribution in [-0.2, 0) is 14.4 Å². The largest absolute Gasteiger partial charge is 0.399 e. The molecule has 1 rings (SSSR count). The smallest absolute Gasteiger partial charge is 0.231 e. The molecule has 90 valence electrons. The molecule has 0 spiro atoms. The summed E-state index contributed by atoms with van der Waals surface area (Å²) in [6.07, 6.45) is 2.25. The Morgan fingerprint density at radius 3 is 1.41 bits per heavy atom. The highest BCUT2D eigenvalue weighted by molar-refractivity contribution is 5.44. The molecule has 0 saturated carbocycles. The minimum absolute atomic E-state index is 0.750. The summed E-state index contributed by atoms with van der Waals surface area (Å²) < 4.78 is 0. The van der Waals surface area contributed by atoms with Gasteiger partial charge in [0.05, 0.1) is 0 Å². The summed E-state index contributed by atoms with van der Waals surface area (Å²) in [5, 5.41) is 16.2. The van der Waals surface area contributed by atoms with Gasteiger partial charge in [-0.25, -0.2) is 30.6 Å². The predicted molar refractivity (Wildman–Crippen MR) is 60.8 cm³/mol. The van der Waals surface area contributed by atoms with Crippen LogP contribution in [0.25, 0.3) is 0 Å². The van der Waals surface area contributed by atoms with Crippen LogP contribution in [0.5, 0.6) is 0 Å². The molecule has 1 aromatic rings. The highest BCUT2D eigenvalue weighted by Crippen LogP contribution is 2.06. The number of rotatable bonds is 0. The van der Waals surface area contributed by atoms with Crippen LogP contribution in [0, 0.1) is 23.2 Å². The lowest BCUT2D eigenvalue weighted by atomic mass is 10.2. The van der Waals surface area contributed by atoms with Crippen molar-refractivity contribution in [1.29, 1.82) is 16.2 Å². The zero-order valence-corrected chi connectivity index (χ0v) is 9.11. The average molecular weight is 236 g/mol. The second kappa shape index (κ2) is 18.9. The number of isocyanates is 3. The number of carbonyl (C=O) groups excluding carboxylic acids is 3. The molecule has 0 fully saturated rings. The van der Waals surface area contributed by atoms with E-state index in [1.165, 1.54) is 0 Å². The molecule has 5 N–H and O–H groups in total. The van der Waals surface area contributed by atoms with Gasteiger partial charge in [-0.05, 0) is 18.6 Å². The Balaban J connectivity index is -0.000000184. The van der Waals surface area contributed by atoms with Gasteiger partial charge in [-0.3, -0.25) is 0 Å². The zero-order chi connectivity index (χ0) is 14.1. The van der Waals surface area contributed by atoms with Gasteiger partial charge in [0.1, 0.15) is 0 Å². The van der Waals surface area contributed by atoms with Crippen molar-refractivity contribution in [1.82, 2.24) is 0 Å². The van der Waals surface area contributed by atoms with Gasteiger partial charge in [-0.2, -0.15) is 0 Å². The van der Waals surface area contributed by atoms with Crippen molar-refractivity contribution in [2.75, 3.05) is 5.73 Å². The van der Waals surface area contributed by atoms with Gasteiger partial charge in [-0.1, -0.05) is 18.2 Å². The van der Waals surface area contributed by atoms with E-state index in [4.69, 9.17) is 36.3 Å². The molecule has 0 aromatic heterocycles. The zero-order valence-electron chi connectivity index (χ0n) is 9.11. The summed E-state index contributed by atoms with van der Waals surface area (Å²) in [5.74, 6) is 0. The van der Waals surface area contributed by atoms with E-state index in [1.54, 1.807) is 0 Å². The van der Waals surface area contributed by atoms with Gasteiger partial charge in [0, 0.05) is 5.69 Å². The van der Waals surface area contributed by atoms with E-state index >= 15 is 0 Å². The quantitative estimate of drug-likeness (QED) is 0.305. The first-order valence-corrected chi connectivity index (χ1v) is 3.98. The van der Waals surface area contributed by atoms with Gasteiger partial charge in [0.25, 0.3) is 0 Å². The second-order valence-corrected chi connectivity index (χ2v) is 2.16. The van der Waals surface area contributed by atoms with Crippen molar-refractivity contribution in [3.8, 4) is 0 Å². The SMILES string of the molecule is Cc1ccccc1N.N=C=O.N=C=O.N=C=O. The maximum absolute atomic E-state index is 8.35. The minimum atomic E-state index is 0.750. The third-order valence-electron chi connectivity index (χ3n) is 1.19. The molecule has 0 amide bonds. The highest BCUT2D eigenvalue weighted by Gasteiger charge is 1.84. The Morgan fingerprint density at radius 2 is 1.24 bits per heavy atom. The van der Waals surface area contributed by atoms with Crippen LogP contribution in [-0.4, -0.2) is 18.2 Å². The molecule has 0 aliphatic rings. The van der Waals surface area contributed by atoms with Crippen LogP contribution in [0.1, 0.15) is 5.56 Å². The minimum Gasteiger partial charge on any atom is -0.399 e. The van der Waals surface area contributed by atoms with E-state index in [9.17, 15) is 0 Å². The number of hydrogen-bond acceptors (Lipinski definition) is 7. The lowest BCUT2D eigenvalue weighted by Gasteiger charge is -1.93. The van der Waals surface area contributed by atoms with E-state index < -0.39 is 0 Å². The van der Waals surface area contributed by atoms with Crippen LogP contribution < -0.4 is 5.73 Å². The maximum atomic E-state index is 8.35. The number of para-hydroxylation sites is 1.